The van der Waals surface area contributed by atoms with E-state index >= 15 is 0 Å². The van der Waals surface area contributed by atoms with Crippen LogP contribution in [0, 0.1) is 17.0 Å². The summed E-state index contributed by atoms with van der Waals surface area (Å²) in [5, 5.41) is 23.3. The second-order valence-corrected chi connectivity index (χ2v) is 8.49. The molecule has 0 saturated carbocycles. The maximum atomic E-state index is 12.6. The fourth-order valence-corrected chi connectivity index (χ4v) is 4.48. The zero-order chi connectivity index (χ0) is 22.5. The molecular formula is C22H24N6O3S. The van der Waals surface area contributed by atoms with E-state index in [1.165, 1.54) is 24.2 Å². The maximum absolute atomic E-state index is 12.6. The maximum Gasteiger partial charge on any atom is 0.274 e. The summed E-state index contributed by atoms with van der Waals surface area (Å²) in [6, 6.07) is 14.5. The number of amides is 1. The molecule has 0 aliphatic carbocycles. The molecule has 166 valence electrons. The lowest BCUT2D eigenvalue weighted by Crippen LogP contribution is -2.31. The summed E-state index contributed by atoms with van der Waals surface area (Å²) >= 11 is 1.29. The van der Waals surface area contributed by atoms with E-state index in [0.717, 1.165) is 37.6 Å². The van der Waals surface area contributed by atoms with E-state index in [1.807, 2.05) is 34.9 Å². The zero-order valence-electron chi connectivity index (χ0n) is 17.7. The predicted molar refractivity (Wildman–Crippen MR) is 125 cm³/mol. The smallest absolute Gasteiger partial charge is 0.274 e. The normalized spacial score (nSPS) is 13.7. The Labute approximate surface area is 190 Å². The second kappa shape index (κ2) is 9.82. The van der Waals surface area contributed by atoms with Crippen LogP contribution >= 0.6 is 11.8 Å². The van der Waals surface area contributed by atoms with Crippen LogP contribution in [0.5, 0.6) is 0 Å². The highest BCUT2D eigenvalue weighted by Crippen LogP contribution is 2.29. The number of rotatable bonds is 7. The van der Waals surface area contributed by atoms with Crippen molar-refractivity contribution in [2.75, 3.05) is 29.1 Å². The van der Waals surface area contributed by atoms with E-state index in [4.69, 9.17) is 0 Å². The highest BCUT2D eigenvalue weighted by Gasteiger charge is 2.22. The summed E-state index contributed by atoms with van der Waals surface area (Å²) in [7, 11) is 0. The number of nitrogens with one attached hydrogen (secondary N) is 1. The minimum atomic E-state index is -0.454. The zero-order valence-corrected chi connectivity index (χ0v) is 18.5. The van der Waals surface area contributed by atoms with Crippen LogP contribution in [0.2, 0.25) is 0 Å². The SMILES string of the molecule is Cc1c(NC(=O)CSc2nnc(N3CCCCC3)n2-c2ccccc2)cccc1[N+](=O)[O-]. The third-order valence-corrected chi connectivity index (χ3v) is 6.31. The van der Waals surface area contributed by atoms with Crippen LogP contribution < -0.4 is 10.2 Å². The van der Waals surface area contributed by atoms with Gasteiger partial charge in [0.2, 0.25) is 11.9 Å². The number of nitrogens with zero attached hydrogens (tertiary/aromatic N) is 5. The van der Waals surface area contributed by atoms with Gasteiger partial charge >= 0.3 is 0 Å². The Morgan fingerprint density at radius 3 is 2.56 bits per heavy atom. The Morgan fingerprint density at radius 1 is 1.09 bits per heavy atom. The van der Waals surface area contributed by atoms with Crippen molar-refractivity contribution in [3.05, 3.63) is 64.2 Å². The average Bonchev–Trinajstić information content (AvgIpc) is 3.24. The van der Waals surface area contributed by atoms with Gasteiger partial charge in [0.1, 0.15) is 0 Å². The Hall–Kier alpha value is -3.40. The number of piperidine rings is 1. The van der Waals surface area contributed by atoms with Crippen LogP contribution in [0.3, 0.4) is 0 Å². The van der Waals surface area contributed by atoms with Crippen LogP contribution in [0.1, 0.15) is 24.8 Å². The summed E-state index contributed by atoms with van der Waals surface area (Å²) in [5.41, 5.74) is 1.78. The summed E-state index contributed by atoms with van der Waals surface area (Å²) in [4.78, 5) is 25.5. The number of para-hydroxylation sites is 1. The summed E-state index contributed by atoms with van der Waals surface area (Å²) in [6.45, 7) is 3.49. The monoisotopic (exact) mass is 452 g/mol. The molecule has 0 spiro atoms. The van der Waals surface area contributed by atoms with E-state index in [-0.39, 0.29) is 17.3 Å². The molecule has 1 fully saturated rings. The van der Waals surface area contributed by atoms with Gasteiger partial charge in [-0.2, -0.15) is 0 Å². The van der Waals surface area contributed by atoms with Crippen molar-refractivity contribution < 1.29 is 9.72 Å². The third kappa shape index (κ3) is 4.75. The first-order valence-corrected chi connectivity index (χ1v) is 11.5. The number of benzene rings is 2. The molecule has 9 nitrogen and oxygen atoms in total. The third-order valence-electron chi connectivity index (χ3n) is 5.38. The van der Waals surface area contributed by atoms with Gasteiger partial charge in [-0.1, -0.05) is 36.0 Å². The molecule has 0 unspecified atom stereocenters. The number of hydrogen-bond acceptors (Lipinski definition) is 7. The Morgan fingerprint density at radius 2 is 1.84 bits per heavy atom. The van der Waals surface area contributed by atoms with Gasteiger partial charge in [-0.25, -0.2) is 0 Å². The van der Waals surface area contributed by atoms with Crippen molar-refractivity contribution in [2.45, 2.75) is 31.3 Å². The lowest BCUT2D eigenvalue weighted by atomic mass is 10.1. The molecule has 1 aliphatic rings. The summed E-state index contributed by atoms with van der Waals surface area (Å²) in [5.74, 6) is 0.627. The van der Waals surface area contributed by atoms with Crippen LogP contribution in [0.15, 0.2) is 53.7 Å². The van der Waals surface area contributed by atoms with Crippen molar-refractivity contribution in [2.24, 2.45) is 0 Å². The second-order valence-electron chi connectivity index (χ2n) is 7.54. The minimum absolute atomic E-state index is 0.0227. The molecule has 1 N–H and O–H groups in total. The molecule has 0 atom stereocenters. The van der Waals surface area contributed by atoms with E-state index in [9.17, 15) is 14.9 Å². The quantitative estimate of drug-likeness (QED) is 0.325. The van der Waals surface area contributed by atoms with Crippen molar-refractivity contribution >= 4 is 35.0 Å². The van der Waals surface area contributed by atoms with E-state index in [1.54, 1.807) is 19.1 Å². The molecule has 1 aromatic heterocycles. The summed E-state index contributed by atoms with van der Waals surface area (Å²) in [6.07, 6.45) is 3.46. The first kappa shape index (κ1) is 21.8. The van der Waals surface area contributed by atoms with Gasteiger partial charge < -0.3 is 10.2 Å². The van der Waals surface area contributed by atoms with Gasteiger partial charge in [0.15, 0.2) is 5.16 Å². The standard InChI is InChI=1S/C22H24N6O3S/c1-16-18(11-8-12-19(16)28(30)31)23-20(29)15-32-22-25-24-21(26-13-6-3-7-14-26)27(22)17-9-4-2-5-10-17/h2,4-5,8-12H,3,6-7,13-15H2,1H3,(H,23,29). The number of carbonyl (C=O) groups is 1. The minimum Gasteiger partial charge on any atom is -0.341 e. The van der Waals surface area contributed by atoms with E-state index in [0.29, 0.717) is 16.4 Å². The average molecular weight is 453 g/mol. The van der Waals surface area contributed by atoms with E-state index in [2.05, 4.69) is 20.4 Å². The molecule has 0 radical (unpaired) electrons. The van der Waals surface area contributed by atoms with Gasteiger partial charge in [0.05, 0.1) is 27.6 Å². The highest BCUT2D eigenvalue weighted by molar-refractivity contribution is 7.99. The molecule has 2 heterocycles. The lowest BCUT2D eigenvalue weighted by molar-refractivity contribution is -0.385. The van der Waals surface area contributed by atoms with Crippen molar-refractivity contribution in [3.63, 3.8) is 0 Å². The fraction of sp³-hybridized carbons (Fsp3) is 0.318. The first-order chi connectivity index (χ1) is 15.5. The topological polar surface area (TPSA) is 106 Å². The molecule has 1 amide bonds. The number of anilines is 2. The molecule has 1 saturated heterocycles. The fourth-order valence-electron chi connectivity index (χ4n) is 3.73. The first-order valence-electron chi connectivity index (χ1n) is 10.5. The molecule has 4 rings (SSSR count). The molecule has 1 aliphatic heterocycles. The molecule has 0 bridgehead atoms. The van der Waals surface area contributed by atoms with Crippen LogP contribution in [-0.2, 0) is 4.79 Å². The predicted octanol–water partition coefficient (Wildman–Crippen LogP) is 4.21. The molecule has 32 heavy (non-hydrogen) atoms. The highest BCUT2D eigenvalue weighted by atomic mass is 32.2. The van der Waals surface area contributed by atoms with Crippen LogP contribution in [0.25, 0.3) is 5.69 Å². The number of thioether (sulfide) groups is 1. The summed E-state index contributed by atoms with van der Waals surface area (Å²) < 4.78 is 1.99. The Bertz CT molecular complexity index is 1110. The largest absolute Gasteiger partial charge is 0.341 e. The molecule has 2 aromatic carbocycles. The van der Waals surface area contributed by atoms with Crippen molar-refractivity contribution in [1.82, 2.24) is 14.8 Å². The van der Waals surface area contributed by atoms with Gasteiger partial charge in [0.25, 0.3) is 5.69 Å². The van der Waals surface area contributed by atoms with Gasteiger partial charge in [-0.3, -0.25) is 19.5 Å². The number of nitro benzene ring substituents is 1. The van der Waals surface area contributed by atoms with Crippen molar-refractivity contribution in [3.8, 4) is 5.69 Å². The Kier molecular flexibility index (Phi) is 6.69. The molecule has 10 heteroatoms. The Balaban J connectivity index is 1.52. The lowest BCUT2D eigenvalue weighted by Gasteiger charge is -2.27. The number of aromatic nitrogens is 3. The number of nitro groups is 1. The van der Waals surface area contributed by atoms with E-state index < -0.39 is 4.92 Å². The van der Waals surface area contributed by atoms with Gasteiger partial charge in [-0.15, -0.1) is 10.2 Å². The molecule has 3 aromatic rings. The van der Waals surface area contributed by atoms with Crippen molar-refractivity contribution in [1.29, 1.82) is 0 Å². The molecular weight excluding hydrogens is 428 g/mol. The number of hydrogen-bond donors (Lipinski definition) is 1. The van der Waals surface area contributed by atoms with Gasteiger partial charge in [0, 0.05) is 19.2 Å². The number of carbonyl (C=O) groups excluding carboxylic acids is 1. The van der Waals surface area contributed by atoms with Crippen LogP contribution in [0.4, 0.5) is 17.3 Å². The van der Waals surface area contributed by atoms with Gasteiger partial charge in [-0.05, 0) is 44.4 Å². The van der Waals surface area contributed by atoms with Crippen LogP contribution in [-0.4, -0.2) is 44.4 Å².